The van der Waals surface area contributed by atoms with Gasteiger partial charge < -0.3 is 10.3 Å². The fourth-order valence-corrected chi connectivity index (χ4v) is 0.773. The molecule has 1 heterocycles. The van der Waals surface area contributed by atoms with Gasteiger partial charge in [0, 0.05) is 19.8 Å². The van der Waals surface area contributed by atoms with Gasteiger partial charge in [0.05, 0.1) is 5.69 Å². The lowest BCUT2D eigenvalue weighted by atomic mass is 10.4. The fourth-order valence-electron chi connectivity index (χ4n) is 0.773. The van der Waals surface area contributed by atoms with Crippen LogP contribution in [0.2, 0.25) is 0 Å². The Bertz CT molecular complexity index is 185. The quantitative estimate of drug-likeness (QED) is 0.590. The maximum Gasteiger partial charge on any atom is 0.145 e. The maximum atomic E-state index is 12.5. The van der Waals surface area contributed by atoms with E-state index in [-0.39, 0.29) is 12.4 Å². The molecule has 0 spiro atoms. The molecule has 9 heavy (non-hydrogen) atoms. The molecule has 0 radical (unpaired) electrons. The van der Waals surface area contributed by atoms with E-state index in [1.807, 2.05) is 0 Å². The highest BCUT2D eigenvalue weighted by Gasteiger charge is 2.01. The summed E-state index contributed by atoms with van der Waals surface area (Å²) in [7, 11) is 1.77. The van der Waals surface area contributed by atoms with E-state index in [4.69, 9.17) is 5.73 Å². The van der Waals surface area contributed by atoms with Gasteiger partial charge in [0.25, 0.3) is 0 Å². The van der Waals surface area contributed by atoms with Crippen molar-refractivity contribution in [3.05, 3.63) is 23.8 Å². The Morgan fingerprint density at radius 2 is 2.44 bits per heavy atom. The van der Waals surface area contributed by atoms with Crippen LogP contribution in [0.25, 0.3) is 0 Å². The molecular formula is C6H9FN2. The number of rotatable bonds is 1. The third kappa shape index (κ3) is 0.954. The number of nitrogens with zero attached hydrogens (tertiary/aromatic N) is 1. The molecule has 0 amide bonds. The monoisotopic (exact) mass is 128 g/mol. The fraction of sp³-hybridized carbons (Fsp3) is 0.333. The lowest BCUT2D eigenvalue weighted by molar-refractivity contribution is 0.600. The number of hydrogen-bond donors (Lipinski definition) is 1. The molecule has 0 bridgehead atoms. The van der Waals surface area contributed by atoms with Gasteiger partial charge in [0.2, 0.25) is 0 Å². The summed E-state index contributed by atoms with van der Waals surface area (Å²) >= 11 is 0. The van der Waals surface area contributed by atoms with Gasteiger partial charge in [-0.2, -0.15) is 0 Å². The van der Waals surface area contributed by atoms with Gasteiger partial charge in [0.15, 0.2) is 0 Å². The molecule has 0 aliphatic heterocycles. The van der Waals surface area contributed by atoms with Crippen LogP contribution in [-0.2, 0) is 13.6 Å². The molecule has 1 aromatic rings. The van der Waals surface area contributed by atoms with E-state index < -0.39 is 0 Å². The number of aryl methyl sites for hydroxylation is 1. The topological polar surface area (TPSA) is 30.9 Å². The standard InChI is InChI=1S/C6H9FN2/c1-9-3-2-5(7)6(9)4-8/h2-3H,4,8H2,1H3. The maximum absolute atomic E-state index is 12.5. The minimum atomic E-state index is -0.222. The molecule has 0 fully saturated rings. The Hall–Kier alpha value is -0.830. The zero-order valence-corrected chi connectivity index (χ0v) is 5.26. The average molecular weight is 128 g/mol. The summed E-state index contributed by atoms with van der Waals surface area (Å²) in [5.41, 5.74) is 5.79. The number of nitrogens with two attached hydrogens (primary N) is 1. The van der Waals surface area contributed by atoms with Crippen LogP contribution in [0.1, 0.15) is 5.69 Å². The van der Waals surface area contributed by atoms with Crippen molar-refractivity contribution in [2.45, 2.75) is 6.54 Å². The van der Waals surface area contributed by atoms with E-state index in [0.717, 1.165) is 0 Å². The van der Waals surface area contributed by atoms with Crippen molar-refractivity contribution >= 4 is 0 Å². The normalized spacial score (nSPS) is 10.1. The molecule has 0 saturated carbocycles. The first-order chi connectivity index (χ1) is 4.25. The largest absolute Gasteiger partial charge is 0.351 e. The lowest BCUT2D eigenvalue weighted by Gasteiger charge is -1.96. The minimum Gasteiger partial charge on any atom is -0.351 e. The summed E-state index contributed by atoms with van der Waals surface area (Å²) in [6.07, 6.45) is 1.65. The number of halogens is 1. The van der Waals surface area contributed by atoms with Gasteiger partial charge in [-0.05, 0) is 6.07 Å². The van der Waals surface area contributed by atoms with Gasteiger partial charge >= 0.3 is 0 Å². The van der Waals surface area contributed by atoms with Gasteiger partial charge in [-0.15, -0.1) is 0 Å². The molecule has 1 aromatic heterocycles. The Labute approximate surface area is 53.1 Å². The van der Waals surface area contributed by atoms with Gasteiger partial charge in [-0.1, -0.05) is 0 Å². The smallest absolute Gasteiger partial charge is 0.145 e. The molecule has 0 aliphatic carbocycles. The summed E-state index contributed by atoms with van der Waals surface area (Å²) in [6, 6.07) is 1.40. The van der Waals surface area contributed by atoms with E-state index in [1.165, 1.54) is 6.07 Å². The van der Waals surface area contributed by atoms with Crippen molar-refractivity contribution in [1.82, 2.24) is 4.57 Å². The third-order valence-electron chi connectivity index (χ3n) is 1.34. The second kappa shape index (κ2) is 2.19. The van der Waals surface area contributed by atoms with E-state index >= 15 is 0 Å². The first-order valence-electron chi connectivity index (χ1n) is 2.75. The van der Waals surface area contributed by atoms with E-state index in [1.54, 1.807) is 17.8 Å². The summed E-state index contributed by atoms with van der Waals surface area (Å²) in [5, 5.41) is 0. The van der Waals surface area contributed by atoms with Crippen LogP contribution >= 0.6 is 0 Å². The molecule has 0 saturated heterocycles. The third-order valence-corrected chi connectivity index (χ3v) is 1.34. The first-order valence-corrected chi connectivity index (χ1v) is 2.75. The molecule has 1 rings (SSSR count). The van der Waals surface area contributed by atoms with Crippen LogP contribution in [0.15, 0.2) is 12.3 Å². The molecule has 0 atom stereocenters. The first kappa shape index (κ1) is 6.29. The number of aromatic nitrogens is 1. The lowest BCUT2D eigenvalue weighted by Crippen LogP contribution is -2.04. The predicted octanol–water partition coefficient (Wildman–Crippen LogP) is 0.623. The number of hydrogen-bond acceptors (Lipinski definition) is 1. The second-order valence-electron chi connectivity index (χ2n) is 1.93. The summed E-state index contributed by atoms with van der Waals surface area (Å²) in [5.74, 6) is -0.222. The van der Waals surface area contributed by atoms with E-state index in [9.17, 15) is 4.39 Å². The highest BCUT2D eigenvalue weighted by molar-refractivity contribution is 5.08. The van der Waals surface area contributed by atoms with Crippen LogP contribution in [0, 0.1) is 5.82 Å². The zero-order chi connectivity index (χ0) is 6.85. The minimum absolute atomic E-state index is 0.222. The van der Waals surface area contributed by atoms with Crippen LogP contribution in [0.5, 0.6) is 0 Å². The van der Waals surface area contributed by atoms with Crippen molar-refractivity contribution in [2.75, 3.05) is 0 Å². The Morgan fingerprint density at radius 1 is 1.78 bits per heavy atom. The van der Waals surface area contributed by atoms with Crippen molar-refractivity contribution in [2.24, 2.45) is 12.8 Å². The van der Waals surface area contributed by atoms with E-state index in [2.05, 4.69) is 0 Å². The Morgan fingerprint density at radius 3 is 2.67 bits per heavy atom. The van der Waals surface area contributed by atoms with Crippen molar-refractivity contribution in [3.63, 3.8) is 0 Å². The van der Waals surface area contributed by atoms with Crippen LogP contribution in [0.4, 0.5) is 4.39 Å². The van der Waals surface area contributed by atoms with Crippen molar-refractivity contribution < 1.29 is 4.39 Å². The van der Waals surface area contributed by atoms with Gasteiger partial charge in [0.1, 0.15) is 5.82 Å². The highest BCUT2D eigenvalue weighted by atomic mass is 19.1. The van der Waals surface area contributed by atoms with Crippen molar-refractivity contribution in [1.29, 1.82) is 0 Å². The van der Waals surface area contributed by atoms with Crippen LogP contribution in [0.3, 0.4) is 0 Å². The molecule has 2 nitrogen and oxygen atoms in total. The van der Waals surface area contributed by atoms with Gasteiger partial charge in [-0.3, -0.25) is 0 Å². The molecular weight excluding hydrogens is 119 g/mol. The average Bonchev–Trinajstić information content (AvgIpc) is 2.12. The highest BCUT2D eigenvalue weighted by Crippen LogP contribution is 2.04. The molecule has 50 valence electrons. The molecule has 0 aromatic carbocycles. The van der Waals surface area contributed by atoms with Gasteiger partial charge in [-0.25, -0.2) is 4.39 Å². The molecule has 3 heteroatoms. The summed E-state index contributed by atoms with van der Waals surface area (Å²) in [4.78, 5) is 0. The summed E-state index contributed by atoms with van der Waals surface area (Å²) in [6.45, 7) is 0.259. The molecule has 2 N–H and O–H groups in total. The van der Waals surface area contributed by atoms with E-state index in [0.29, 0.717) is 5.69 Å². The molecule has 0 unspecified atom stereocenters. The molecule has 0 aliphatic rings. The Balaban J connectivity index is 3.07. The van der Waals surface area contributed by atoms with Crippen LogP contribution < -0.4 is 5.73 Å². The predicted molar refractivity (Wildman–Crippen MR) is 33.3 cm³/mol. The zero-order valence-electron chi connectivity index (χ0n) is 5.26. The Kier molecular flexibility index (Phi) is 1.53. The van der Waals surface area contributed by atoms with Crippen molar-refractivity contribution in [3.8, 4) is 0 Å². The SMILES string of the molecule is Cn1ccc(F)c1CN. The van der Waals surface area contributed by atoms with Crippen LogP contribution in [-0.4, -0.2) is 4.57 Å². The summed E-state index contributed by atoms with van der Waals surface area (Å²) < 4.78 is 14.2. The second-order valence-corrected chi connectivity index (χ2v) is 1.93.